The smallest absolute Gasteiger partial charge is 0.00990 e. The molecule has 0 saturated heterocycles. The fourth-order valence-electron chi connectivity index (χ4n) is 2.86. The van der Waals surface area contributed by atoms with Crippen molar-refractivity contribution in [3.8, 4) is 0 Å². The van der Waals surface area contributed by atoms with Crippen LogP contribution in [0.4, 0.5) is 0 Å². The zero-order valence-corrected chi connectivity index (χ0v) is 10.4. The monoisotopic (exact) mass is 246 g/mol. The lowest BCUT2D eigenvalue weighted by molar-refractivity contribution is 0.824. The van der Waals surface area contributed by atoms with E-state index in [1.54, 1.807) is 0 Å². The van der Waals surface area contributed by atoms with Gasteiger partial charge in [-0.3, -0.25) is 0 Å². The number of fused-ring (bicyclic) bond motifs is 6. The van der Waals surface area contributed by atoms with E-state index >= 15 is 0 Å². The Hall–Kier alpha value is -2.38. The van der Waals surface area contributed by atoms with Gasteiger partial charge in [-0.1, -0.05) is 72.8 Å². The van der Waals surface area contributed by atoms with Gasteiger partial charge >= 0.3 is 0 Å². The topological polar surface area (TPSA) is 31.5 Å². The summed E-state index contributed by atoms with van der Waals surface area (Å²) in [6, 6.07) is 26.0. The van der Waals surface area contributed by atoms with E-state index in [0.717, 1.165) is 0 Å². The lowest BCUT2D eigenvalue weighted by atomic mass is 9.95. The molecule has 92 valence electrons. The highest BCUT2D eigenvalue weighted by Gasteiger charge is 2.06. The number of hydrogen-bond donors (Lipinski definition) is 0. The highest BCUT2D eigenvalue weighted by molar-refractivity contribution is 6.25. The highest BCUT2D eigenvalue weighted by atomic mass is 16.0. The summed E-state index contributed by atoms with van der Waals surface area (Å²) in [7, 11) is 0. The Kier molecular flexibility index (Phi) is 2.69. The van der Waals surface area contributed by atoms with Gasteiger partial charge in [-0.05, 0) is 32.3 Å². The molecule has 2 N–H and O–H groups in total. The molecule has 0 unspecified atom stereocenters. The van der Waals surface area contributed by atoms with Crippen LogP contribution >= 0.6 is 0 Å². The first-order valence-electron chi connectivity index (χ1n) is 6.23. The van der Waals surface area contributed by atoms with Gasteiger partial charge in [-0.15, -0.1) is 0 Å². The molecule has 0 aromatic heterocycles. The summed E-state index contributed by atoms with van der Waals surface area (Å²) in [4.78, 5) is 0. The fraction of sp³-hybridized carbons (Fsp3) is 0. The summed E-state index contributed by atoms with van der Waals surface area (Å²) in [5.41, 5.74) is 0. The quantitative estimate of drug-likeness (QED) is 0.414. The van der Waals surface area contributed by atoms with Crippen LogP contribution in [-0.4, -0.2) is 5.48 Å². The van der Waals surface area contributed by atoms with Gasteiger partial charge in [0.25, 0.3) is 0 Å². The lowest BCUT2D eigenvalue weighted by Crippen LogP contribution is -1.81. The molecule has 4 aromatic rings. The van der Waals surface area contributed by atoms with E-state index in [9.17, 15) is 0 Å². The van der Waals surface area contributed by atoms with Crippen molar-refractivity contribution in [3.63, 3.8) is 0 Å². The molecule has 0 saturated carbocycles. The molecule has 0 aliphatic carbocycles. The minimum absolute atomic E-state index is 0. The summed E-state index contributed by atoms with van der Waals surface area (Å²) in [5.74, 6) is 0. The van der Waals surface area contributed by atoms with Crippen molar-refractivity contribution in [2.75, 3.05) is 0 Å². The number of benzene rings is 4. The summed E-state index contributed by atoms with van der Waals surface area (Å²) in [5, 5.41) is 8.04. The van der Waals surface area contributed by atoms with Crippen LogP contribution in [0.5, 0.6) is 0 Å². The highest BCUT2D eigenvalue weighted by Crippen LogP contribution is 2.34. The van der Waals surface area contributed by atoms with Gasteiger partial charge in [0.1, 0.15) is 0 Å². The second kappa shape index (κ2) is 4.38. The van der Waals surface area contributed by atoms with E-state index in [0.29, 0.717) is 0 Å². The first-order chi connectivity index (χ1) is 8.95. The van der Waals surface area contributed by atoms with Crippen LogP contribution in [0.25, 0.3) is 32.3 Å². The van der Waals surface area contributed by atoms with E-state index < -0.39 is 0 Å². The van der Waals surface area contributed by atoms with Gasteiger partial charge in [-0.25, -0.2) is 0 Å². The maximum atomic E-state index is 2.21. The maximum absolute atomic E-state index is 2.21. The molecule has 0 spiro atoms. The van der Waals surface area contributed by atoms with Gasteiger partial charge in [0.2, 0.25) is 0 Å². The van der Waals surface area contributed by atoms with E-state index in [1.165, 1.54) is 32.3 Å². The molecule has 0 bridgehead atoms. The van der Waals surface area contributed by atoms with Crippen molar-refractivity contribution in [3.05, 3.63) is 72.8 Å². The first kappa shape index (κ1) is 11.7. The van der Waals surface area contributed by atoms with Gasteiger partial charge in [0, 0.05) is 0 Å². The minimum Gasteiger partial charge on any atom is -0.412 e. The van der Waals surface area contributed by atoms with Crippen molar-refractivity contribution >= 4 is 32.3 Å². The van der Waals surface area contributed by atoms with Crippen LogP contribution < -0.4 is 0 Å². The Morgan fingerprint density at radius 1 is 0.316 bits per heavy atom. The molecule has 0 fully saturated rings. The zero-order chi connectivity index (χ0) is 11.9. The summed E-state index contributed by atoms with van der Waals surface area (Å²) in [6.45, 7) is 0. The van der Waals surface area contributed by atoms with Crippen molar-refractivity contribution in [2.45, 2.75) is 0 Å². The molecular weight excluding hydrogens is 232 g/mol. The van der Waals surface area contributed by atoms with Crippen molar-refractivity contribution in [2.24, 2.45) is 0 Å². The summed E-state index contributed by atoms with van der Waals surface area (Å²) in [6.07, 6.45) is 0. The molecule has 0 amide bonds. The third-order valence-corrected chi connectivity index (χ3v) is 3.65. The number of hydrogen-bond acceptors (Lipinski definition) is 0. The third kappa shape index (κ3) is 1.60. The second-order valence-corrected chi connectivity index (χ2v) is 4.64. The molecule has 1 nitrogen and oxygen atoms in total. The van der Waals surface area contributed by atoms with E-state index in [-0.39, 0.29) is 5.48 Å². The Morgan fingerprint density at radius 3 is 0.632 bits per heavy atom. The largest absolute Gasteiger partial charge is 0.412 e. The Bertz CT molecular complexity index is 657. The molecule has 4 aromatic carbocycles. The SMILES string of the molecule is O.c1ccc2c(c1)c1ccccc1c1ccccc21. The average molecular weight is 246 g/mol. The van der Waals surface area contributed by atoms with Gasteiger partial charge < -0.3 is 5.48 Å². The van der Waals surface area contributed by atoms with Crippen LogP contribution in [0, 0.1) is 0 Å². The molecule has 1 heteroatoms. The standard InChI is InChI=1S/C18H12.H2O/c1-2-8-14-13(7-1)15-9-3-4-11-17(15)18-12-6-5-10-16(14)18;/h1-12H;1H2. The zero-order valence-electron chi connectivity index (χ0n) is 10.4. The van der Waals surface area contributed by atoms with Gasteiger partial charge in [-0.2, -0.15) is 0 Å². The molecule has 19 heavy (non-hydrogen) atoms. The van der Waals surface area contributed by atoms with Crippen molar-refractivity contribution in [1.29, 1.82) is 0 Å². The summed E-state index contributed by atoms with van der Waals surface area (Å²) < 4.78 is 0. The average Bonchev–Trinajstić information content (AvgIpc) is 2.48. The molecule has 4 rings (SSSR count). The van der Waals surface area contributed by atoms with Crippen LogP contribution in [0.3, 0.4) is 0 Å². The normalized spacial score (nSPS) is 10.7. The third-order valence-electron chi connectivity index (χ3n) is 3.65. The fourth-order valence-corrected chi connectivity index (χ4v) is 2.86. The van der Waals surface area contributed by atoms with E-state index in [4.69, 9.17) is 0 Å². The molecule has 0 heterocycles. The first-order valence-corrected chi connectivity index (χ1v) is 6.23. The molecular formula is C18H14O. The van der Waals surface area contributed by atoms with Gasteiger partial charge in [0.05, 0.1) is 0 Å². The maximum Gasteiger partial charge on any atom is -0.00990 e. The van der Waals surface area contributed by atoms with Crippen LogP contribution in [0.1, 0.15) is 0 Å². The number of rotatable bonds is 0. The predicted octanol–water partition coefficient (Wildman–Crippen LogP) is 4.32. The van der Waals surface area contributed by atoms with Crippen LogP contribution in [0.15, 0.2) is 72.8 Å². The Morgan fingerprint density at radius 2 is 0.474 bits per heavy atom. The van der Waals surface area contributed by atoms with E-state index in [2.05, 4.69) is 72.8 Å². The Balaban J connectivity index is 0.00000110. The summed E-state index contributed by atoms with van der Waals surface area (Å²) >= 11 is 0. The second-order valence-electron chi connectivity index (χ2n) is 4.64. The Labute approximate surface area is 111 Å². The molecule has 0 atom stereocenters. The van der Waals surface area contributed by atoms with Crippen LogP contribution in [-0.2, 0) is 0 Å². The van der Waals surface area contributed by atoms with Gasteiger partial charge in [0.15, 0.2) is 0 Å². The van der Waals surface area contributed by atoms with Crippen molar-refractivity contribution < 1.29 is 5.48 Å². The lowest BCUT2D eigenvalue weighted by Gasteiger charge is -2.09. The van der Waals surface area contributed by atoms with Crippen molar-refractivity contribution in [1.82, 2.24) is 0 Å². The van der Waals surface area contributed by atoms with E-state index in [1.807, 2.05) is 0 Å². The molecule has 0 aliphatic rings. The molecule has 0 aliphatic heterocycles. The minimum atomic E-state index is 0. The molecule has 0 radical (unpaired) electrons. The predicted molar refractivity (Wildman–Crippen MR) is 82.6 cm³/mol. The van der Waals surface area contributed by atoms with Crippen LogP contribution in [0.2, 0.25) is 0 Å².